The van der Waals surface area contributed by atoms with Gasteiger partial charge in [0, 0.05) is 6.61 Å². The van der Waals surface area contributed by atoms with Gasteiger partial charge in [0.05, 0.1) is 18.7 Å². The third-order valence-electron chi connectivity index (χ3n) is 2.70. The lowest BCUT2D eigenvalue weighted by Gasteiger charge is -2.24. The van der Waals surface area contributed by atoms with Crippen molar-refractivity contribution in [2.45, 2.75) is 53.1 Å². The Morgan fingerprint density at radius 1 is 1.29 bits per heavy atom. The quantitative estimate of drug-likeness (QED) is 0.680. The van der Waals surface area contributed by atoms with Gasteiger partial charge < -0.3 is 15.8 Å². The van der Waals surface area contributed by atoms with E-state index in [1.54, 1.807) is 0 Å². The molecule has 0 rings (SSSR count). The van der Waals surface area contributed by atoms with Gasteiger partial charge in [-0.25, -0.2) is 0 Å². The van der Waals surface area contributed by atoms with Gasteiger partial charge in [-0.15, -0.1) is 0 Å². The van der Waals surface area contributed by atoms with E-state index in [9.17, 15) is 4.79 Å². The summed E-state index contributed by atoms with van der Waals surface area (Å²) >= 11 is 0. The van der Waals surface area contributed by atoms with Crippen LogP contribution in [-0.4, -0.2) is 31.2 Å². The zero-order chi connectivity index (χ0) is 13.4. The van der Waals surface area contributed by atoms with E-state index in [1.165, 1.54) is 0 Å². The molecular formula is C13H28N2O2. The Hall–Kier alpha value is -0.610. The van der Waals surface area contributed by atoms with Crippen molar-refractivity contribution in [1.29, 1.82) is 0 Å². The van der Waals surface area contributed by atoms with Gasteiger partial charge >= 0.3 is 0 Å². The number of nitrogens with one attached hydrogen (secondary N) is 1. The van der Waals surface area contributed by atoms with Crippen LogP contribution in [0.25, 0.3) is 0 Å². The minimum atomic E-state index is -0.419. The standard InChI is InChI=1S/C13H28N2O2/c1-6-17-8-12(10(4)5)15-13(16)11(14)7-9(2)3/h9-12H,6-8,14H2,1-5H3,(H,15,16). The molecule has 0 saturated carbocycles. The van der Waals surface area contributed by atoms with Crippen LogP contribution in [0.1, 0.15) is 41.0 Å². The molecule has 0 fully saturated rings. The van der Waals surface area contributed by atoms with Gasteiger partial charge in [-0.05, 0) is 25.2 Å². The van der Waals surface area contributed by atoms with Gasteiger partial charge in [0.1, 0.15) is 0 Å². The monoisotopic (exact) mass is 244 g/mol. The summed E-state index contributed by atoms with van der Waals surface area (Å²) in [7, 11) is 0. The second kappa shape index (κ2) is 8.48. The van der Waals surface area contributed by atoms with Crippen LogP contribution in [0, 0.1) is 11.8 Å². The second-order valence-corrected chi connectivity index (χ2v) is 5.25. The van der Waals surface area contributed by atoms with E-state index in [-0.39, 0.29) is 11.9 Å². The van der Waals surface area contributed by atoms with Crippen molar-refractivity contribution in [3.05, 3.63) is 0 Å². The van der Waals surface area contributed by atoms with E-state index < -0.39 is 6.04 Å². The van der Waals surface area contributed by atoms with Crippen LogP contribution in [0.2, 0.25) is 0 Å². The molecular weight excluding hydrogens is 216 g/mol. The summed E-state index contributed by atoms with van der Waals surface area (Å²) in [5, 5.41) is 2.97. The molecule has 4 heteroatoms. The minimum absolute atomic E-state index is 0.0423. The fourth-order valence-corrected chi connectivity index (χ4v) is 1.55. The van der Waals surface area contributed by atoms with Crippen molar-refractivity contribution in [3.8, 4) is 0 Å². The normalized spacial score (nSPS) is 15.1. The fraction of sp³-hybridized carbons (Fsp3) is 0.923. The Kier molecular flexibility index (Phi) is 8.17. The van der Waals surface area contributed by atoms with Gasteiger partial charge in [0.25, 0.3) is 0 Å². The van der Waals surface area contributed by atoms with Crippen LogP contribution in [0.3, 0.4) is 0 Å². The van der Waals surface area contributed by atoms with E-state index in [4.69, 9.17) is 10.5 Å². The molecule has 0 bridgehead atoms. The maximum atomic E-state index is 11.9. The molecule has 0 aromatic carbocycles. The van der Waals surface area contributed by atoms with Crippen molar-refractivity contribution in [1.82, 2.24) is 5.32 Å². The molecule has 0 aliphatic carbocycles. The highest BCUT2D eigenvalue weighted by molar-refractivity contribution is 5.81. The molecule has 2 atom stereocenters. The molecule has 0 aliphatic heterocycles. The topological polar surface area (TPSA) is 64.3 Å². The number of carbonyl (C=O) groups is 1. The average molecular weight is 244 g/mol. The summed E-state index contributed by atoms with van der Waals surface area (Å²) in [6.07, 6.45) is 0.714. The first-order valence-electron chi connectivity index (χ1n) is 6.52. The molecule has 0 aromatic rings. The lowest BCUT2D eigenvalue weighted by Crippen LogP contribution is -2.49. The number of rotatable bonds is 8. The Balaban J connectivity index is 4.19. The van der Waals surface area contributed by atoms with Crippen molar-refractivity contribution < 1.29 is 9.53 Å². The molecule has 2 unspecified atom stereocenters. The molecule has 17 heavy (non-hydrogen) atoms. The van der Waals surface area contributed by atoms with Crippen LogP contribution in [-0.2, 0) is 9.53 Å². The van der Waals surface area contributed by atoms with E-state index in [0.717, 1.165) is 0 Å². The van der Waals surface area contributed by atoms with Gasteiger partial charge in [-0.1, -0.05) is 27.7 Å². The minimum Gasteiger partial charge on any atom is -0.380 e. The lowest BCUT2D eigenvalue weighted by molar-refractivity contribution is -0.124. The highest BCUT2D eigenvalue weighted by Gasteiger charge is 2.21. The zero-order valence-electron chi connectivity index (χ0n) is 11.8. The molecule has 0 aliphatic rings. The summed E-state index contributed by atoms with van der Waals surface area (Å²) in [6, 6.07) is -0.376. The average Bonchev–Trinajstić information content (AvgIpc) is 2.22. The Morgan fingerprint density at radius 2 is 1.88 bits per heavy atom. The molecule has 102 valence electrons. The maximum Gasteiger partial charge on any atom is 0.237 e. The number of ether oxygens (including phenoxy) is 1. The number of carbonyl (C=O) groups excluding carboxylic acids is 1. The van der Waals surface area contributed by atoms with Crippen LogP contribution in [0.5, 0.6) is 0 Å². The number of nitrogens with two attached hydrogens (primary N) is 1. The predicted molar refractivity (Wildman–Crippen MR) is 70.7 cm³/mol. The Labute approximate surface area is 105 Å². The van der Waals surface area contributed by atoms with E-state index in [1.807, 2.05) is 6.92 Å². The Morgan fingerprint density at radius 3 is 2.29 bits per heavy atom. The van der Waals surface area contributed by atoms with Crippen LogP contribution in [0.4, 0.5) is 0 Å². The molecule has 0 heterocycles. The highest BCUT2D eigenvalue weighted by atomic mass is 16.5. The Bertz CT molecular complexity index is 217. The molecule has 0 radical (unpaired) electrons. The number of hydrogen-bond donors (Lipinski definition) is 2. The smallest absolute Gasteiger partial charge is 0.237 e. The van der Waals surface area contributed by atoms with Crippen molar-refractivity contribution in [3.63, 3.8) is 0 Å². The fourth-order valence-electron chi connectivity index (χ4n) is 1.55. The van der Waals surface area contributed by atoms with Crippen molar-refractivity contribution in [2.75, 3.05) is 13.2 Å². The second-order valence-electron chi connectivity index (χ2n) is 5.25. The first kappa shape index (κ1) is 16.4. The lowest BCUT2D eigenvalue weighted by atomic mass is 10.0. The predicted octanol–water partition coefficient (Wildman–Crippen LogP) is 1.54. The summed E-state index contributed by atoms with van der Waals surface area (Å²) in [5.41, 5.74) is 5.84. The summed E-state index contributed by atoms with van der Waals surface area (Å²) < 4.78 is 5.36. The molecule has 0 spiro atoms. The van der Waals surface area contributed by atoms with Gasteiger partial charge in [-0.3, -0.25) is 4.79 Å². The third kappa shape index (κ3) is 7.34. The zero-order valence-corrected chi connectivity index (χ0v) is 11.8. The SMILES string of the molecule is CCOCC(NC(=O)C(N)CC(C)C)C(C)C. The van der Waals surface area contributed by atoms with Crippen molar-refractivity contribution >= 4 is 5.91 Å². The summed E-state index contributed by atoms with van der Waals surface area (Å²) in [6.45, 7) is 11.4. The maximum absolute atomic E-state index is 11.9. The molecule has 1 amide bonds. The van der Waals surface area contributed by atoms with Crippen LogP contribution >= 0.6 is 0 Å². The van der Waals surface area contributed by atoms with E-state index in [0.29, 0.717) is 31.5 Å². The largest absolute Gasteiger partial charge is 0.380 e. The van der Waals surface area contributed by atoms with Crippen molar-refractivity contribution in [2.24, 2.45) is 17.6 Å². The molecule has 4 nitrogen and oxygen atoms in total. The number of amides is 1. The third-order valence-corrected chi connectivity index (χ3v) is 2.70. The molecule has 0 aromatic heterocycles. The number of hydrogen-bond acceptors (Lipinski definition) is 3. The van der Waals surface area contributed by atoms with Crippen LogP contribution < -0.4 is 11.1 Å². The highest BCUT2D eigenvalue weighted by Crippen LogP contribution is 2.06. The molecule has 0 saturated heterocycles. The van der Waals surface area contributed by atoms with Gasteiger partial charge in [0.2, 0.25) is 5.91 Å². The first-order valence-corrected chi connectivity index (χ1v) is 6.52. The first-order chi connectivity index (χ1) is 7.88. The summed E-state index contributed by atoms with van der Waals surface area (Å²) in [4.78, 5) is 11.9. The summed E-state index contributed by atoms with van der Waals surface area (Å²) in [5.74, 6) is 0.703. The molecule has 3 N–H and O–H groups in total. The van der Waals surface area contributed by atoms with Gasteiger partial charge in [-0.2, -0.15) is 0 Å². The van der Waals surface area contributed by atoms with E-state index in [2.05, 4.69) is 33.0 Å². The van der Waals surface area contributed by atoms with Crippen LogP contribution in [0.15, 0.2) is 0 Å². The van der Waals surface area contributed by atoms with E-state index >= 15 is 0 Å². The van der Waals surface area contributed by atoms with Gasteiger partial charge in [0.15, 0.2) is 0 Å².